The minimum Gasteiger partial charge on any atom is -0.389 e. The molecule has 96 valence electrons. The summed E-state index contributed by atoms with van der Waals surface area (Å²) in [7, 11) is 0. The minimum atomic E-state index is -1.74. The van der Waals surface area contributed by atoms with Gasteiger partial charge < -0.3 is 25.7 Å². The molecule has 3 atom stereocenters. The van der Waals surface area contributed by atoms with Gasteiger partial charge in [0.15, 0.2) is 5.78 Å². The SMILES string of the molecule is CCCCNC[C@H](O)[C@@H](O)[C@H](O)C(=O)CO. The van der Waals surface area contributed by atoms with Crippen molar-refractivity contribution >= 4 is 5.78 Å². The number of hydrogen-bond donors (Lipinski definition) is 5. The van der Waals surface area contributed by atoms with Crippen LogP contribution in [-0.2, 0) is 4.79 Å². The molecule has 0 saturated heterocycles. The molecule has 0 aromatic rings. The van der Waals surface area contributed by atoms with Crippen molar-refractivity contribution in [3.8, 4) is 0 Å². The number of Topliss-reactive ketones (excluding diaryl/α,β-unsaturated/α-hetero) is 1. The fraction of sp³-hybridized carbons (Fsp3) is 0.900. The first-order valence-electron chi connectivity index (χ1n) is 5.43. The third-order valence-corrected chi connectivity index (χ3v) is 2.26. The van der Waals surface area contributed by atoms with Crippen LogP contribution < -0.4 is 5.32 Å². The van der Waals surface area contributed by atoms with Crippen LogP contribution in [0.15, 0.2) is 0 Å². The van der Waals surface area contributed by atoms with Gasteiger partial charge in [-0.1, -0.05) is 13.3 Å². The lowest BCUT2D eigenvalue weighted by atomic mass is 10.0. The van der Waals surface area contributed by atoms with E-state index >= 15 is 0 Å². The lowest BCUT2D eigenvalue weighted by Crippen LogP contribution is -2.47. The van der Waals surface area contributed by atoms with E-state index < -0.39 is 30.7 Å². The van der Waals surface area contributed by atoms with Gasteiger partial charge in [0, 0.05) is 6.54 Å². The third-order valence-electron chi connectivity index (χ3n) is 2.26. The molecule has 0 aliphatic heterocycles. The zero-order valence-electron chi connectivity index (χ0n) is 9.46. The first kappa shape index (κ1) is 15.5. The Morgan fingerprint density at radius 1 is 1.31 bits per heavy atom. The van der Waals surface area contributed by atoms with E-state index in [9.17, 15) is 20.1 Å². The Morgan fingerprint density at radius 3 is 2.44 bits per heavy atom. The normalized spacial score (nSPS) is 16.8. The molecule has 6 nitrogen and oxygen atoms in total. The Labute approximate surface area is 94.9 Å². The number of aliphatic hydroxyl groups is 4. The number of nitrogens with one attached hydrogen (secondary N) is 1. The van der Waals surface area contributed by atoms with Gasteiger partial charge in [0.2, 0.25) is 0 Å². The largest absolute Gasteiger partial charge is 0.389 e. The van der Waals surface area contributed by atoms with Crippen LogP contribution in [-0.4, -0.2) is 64.2 Å². The molecule has 0 bridgehead atoms. The monoisotopic (exact) mass is 235 g/mol. The van der Waals surface area contributed by atoms with Crippen molar-refractivity contribution in [3.63, 3.8) is 0 Å². The molecule has 0 unspecified atom stereocenters. The van der Waals surface area contributed by atoms with Crippen molar-refractivity contribution in [2.45, 2.75) is 38.1 Å². The van der Waals surface area contributed by atoms with Gasteiger partial charge in [0.1, 0.15) is 18.8 Å². The topological polar surface area (TPSA) is 110 Å². The fourth-order valence-corrected chi connectivity index (χ4v) is 1.17. The lowest BCUT2D eigenvalue weighted by Gasteiger charge is -2.21. The molecular weight excluding hydrogens is 214 g/mol. The maximum absolute atomic E-state index is 10.8. The van der Waals surface area contributed by atoms with Crippen LogP contribution in [0.4, 0.5) is 0 Å². The first-order valence-corrected chi connectivity index (χ1v) is 5.43. The quantitative estimate of drug-likeness (QED) is 0.296. The highest BCUT2D eigenvalue weighted by Crippen LogP contribution is 2.01. The molecule has 0 aromatic carbocycles. The summed E-state index contributed by atoms with van der Waals surface area (Å²) < 4.78 is 0. The van der Waals surface area contributed by atoms with Gasteiger partial charge in [-0.3, -0.25) is 4.79 Å². The second-order valence-electron chi connectivity index (χ2n) is 3.68. The maximum Gasteiger partial charge on any atom is 0.189 e. The van der Waals surface area contributed by atoms with Crippen LogP contribution >= 0.6 is 0 Å². The van der Waals surface area contributed by atoms with E-state index in [0.717, 1.165) is 12.8 Å². The molecular formula is C10H21NO5. The number of aliphatic hydroxyl groups excluding tert-OH is 4. The van der Waals surface area contributed by atoms with Gasteiger partial charge in [0.25, 0.3) is 0 Å². The summed E-state index contributed by atoms with van der Waals surface area (Å²) in [5, 5.41) is 39.4. The minimum absolute atomic E-state index is 0.0942. The second-order valence-corrected chi connectivity index (χ2v) is 3.68. The Kier molecular flexibility index (Phi) is 8.32. The molecule has 0 heterocycles. The van der Waals surface area contributed by atoms with Crippen molar-refractivity contribution in [2.75, 3.05) is 19.7 Å². The van der Waals surface area contributed by atoms with Crippen molar-refractivity contribution in [1.29, 1.82) is 0 Å². The van der Waals surface area contributed by atoms with E-state index in [1.165, 1.54) is 0 Å². The van der Waals surface area contributed by atoms with E-state index in [1.807, 2.05) is 6.92 Å². The number of hydrogen-bond acceptors (Lipinski definition) is 6. The second kappa shape index (κ2) is 8.60. The highest BCUT2D eigenvalue weighted by molar-refractivity contribution is 5.84. The highest BCUT2D eigenvalue weighted by Gasteiger charge is 2.29. The van der Waals surface area contributed by atoms with Crippen LogP contribution in [0.2, 0.25) is 0 Å². The molecule has 0 radical (unpaired) electrons. The number of rotatable bonds is 9. The van der Waals surface area contributed by atoms with Crippen molar-refractivity contribution in [2.24, 2.45) is 0 Å². The molecule has 16 heavy (non-hydrogen) atoms. The van der Waals surface area contributed by atoms with Gasteiger partial charge in [-0.15, -0.1) is 0 Å². The summed E-state index contributed by atoms with van der Waals surface area (Å²) >= 11 is 0. The van der Waals surface area contributed by atoms with Gasteiger partial charge in [0.05, 0.1) is 6.10 Å². The van der Waals surface area contributed by atoms with Crippen molar-refractivity contribution in [3.05, 3.63) is 0 Å². The Morgan fingerprint density at radius 2 is 1.94 bits per heavy atom. The molecule has 0 amide bonds. The Balaban J connectivity index is 3.88. The highest BCUT2D eigenvalue weighted by atomic mass is 16.4. The summed E-state index contributed by atoms with van der Waals surface area (Å²) in [6.45, 7) is 1.96. The summed E-state index contributed by atoms with van der Waals surface area (Å²) in [5.74, 6) is -0.903. The predicted molar refractivity (Wildman–Crippen MR) is 57.9 cm³/mol. The average Bonchev–Trinajstić information content (AvgIpc) is 2.31. The third kappa shape index (κ3) is 5.53. The Bertz CT molecular complexity index is 200. The van der Waals surface area contributed by atoms with E-state index in [4.69, 9.17) is 5.11 Å². The van der Waals surface area contributed by atoms with E-state index in [1.54, 1.807) is 0 Å². The number of carbonyl (C=O) groups is 1. The average molecular weight is 235 g/mol. The van der Waals surface area contributed by atoms with E-state index in [2.05, 4.69) is 5.32 Å². The van der Waals surface area contributed by atoms with Gasteiger partial charge >= 0.3 is 0 Å². The molecule has 0 fully saturated rings. The van der Waals surface area contributed by atoms with Crippen LogP contribution in [0.5, 0.6) is 0 Å². The molecule has 0 aliphatic carbocycles. The summed E-state index contributed by atoms with van der Waals surface area (Å²) in [5.41, 5.74) is 0. The van der Waals surface area contributed by atoms with Crippen LogP contribution in [0.1, 0.15) is 19.8 Å². The lowest BCUT2D eigenvalue weighted by molar-refractivity contribution is -0.141. The Hall–Kier alpha value is -0.530. The molecule has 6 heteroatoms. The summed E-state index contributed by atoms with van der Waals surface area (Å²) in [6, 6.07) is 0. The number of carbonyl (C=O) groups excluding carboxylic acids is 1. The van der Waals surface area contributed by atoms with Crippen molar-refractivity contribution < 1.29 is 25.2 Å². The smallest absolute Gasteiger partial charge is 0.189 e. The predicted octanol–water partition coefficient (Wildman–Crippen LogP) is -1.98. The van der Waals surface area contributed by atoms with E-state index in [-0.39, 0.29) is 6.54 Å². The van der Waals surface area contributed by atoms with Crippen molar-refractivity contribution in [1.82, 2.24) is 5.32 Å². The fourth-order valence-electron chi connectivity index (χ4n) is 1.17. The summed E-state index contributed by atoms with van der Waals surface area (Å²) in [6.07, 6.45) is -2.60. The zero-order valence-corrected chi connectivity index (χ0v) is 9.46. The van der Waals surface area contributed by atoms with E-state index in [0.29, 0.717) is 6.54 Å². The summed E-state index contributed by atoms with van der Waals surface area (Å²) in [4.78, 5) is 10.8. The number of ketones is 1. The van der Waals surface area contributed by atoms with Gasteiger partial charge in [-0.2, -0.15) is 0 Å². The molecule has 0 rings (SSSR count). The standard InChI is InChI=1S/C10H21NO5/c1-2-3-4-11-5-7(13)9(15)10(16)8(14)6-12/h7,9-13,15-16H,2-6H2,1H3/t7-,9+,10+/m0/s1. The molecule has 5 N–H and O–H groups in total. The maximum atomic E-state index is 10.8. The molecule has 0 aromatic heterocycles. The van der Waals surface area contributed by atoms with Gasteiger partial charge in [-0.05, 0) is 13.0 Å². The molecule has 0 saturated carbocycles. The zero-order chi connectivity index (χ0) is 12.6. The van der Waals surface area contributed by atoms with Crippen LogP contribution in [0, 0.1) is 0 Å². The van der Waals surface area contributed by atoms with Gasteiger partial charge in [-0.25, -0.2) is 0 Å². The molecule has 0 aliphatic rings. The molecule has 0 spiro atoms. The van der Waals surface area contributed by atoms with Crippen LogP contribution in [0.25, 0.3) is 0 Å². The first-order chi connectivity index (χ1) is 7.54. The number of unbranched alkanes of at least 4 members (excludes halogenated alkanes) is 1. The van der Waals surface area contributed by atoms with Crippen LogP contribution in [0.3, 0.4) is 0 Å².